The molecule has 8 aromatic rings. The fourth-order valence-electron chi connectivity index (χ4n) is 12.0. The maximum absolute atomic E-state index is 5.87. The summed E-state index contributed by atoms with van der Waals surface area (Å²) in [6.07, 6.45) is 0. The molecule has 0 atom stereocenters. The third kappa shape index (κ3) is 11.5. The lowest BCUT2D eigenvalue weighted by molar-refractivity contribution is 0.568. The molecule has 5 heteroatoms. The van der Waals surface area contributed by atoms with Crippen LogP contribution in [0, 0.1) is 0 Å². The second-order valence-corrected chi connectivity index (χ2v) is 32.7. The van der Waals surface area contributed by atoms with Gasteiger partial charge in [-0.2, -0.15) is 0 Å². The first kappa shape index (κ1) is 59.4. The van der Waals surface area contributed by atoms with Crippen molar-refractivity contribution in [3.05, 3.63) is 184 Å². The Morgan fingerprint density at radius 1 is 0.277 bits per heavy atom. The topological polar surface area (TPSA) is 32.3 Å². The minimum absolute atomic E-state index is 0.0434. The SMILES string of the molecule is CC(C)(C)c1cc(-c2cc(-c3cc4c5c(c3)N(c3cc(C(C)(C)C)cc(C(C)(C)C)c3)c3ccccc3B5c3ccccc3N4c3cc(C(C)(C)C)cc(C(C)(C)C)c3)nc(-c3cc(C(C)(C)C)cc(C(C)(C)C)c3)n2)cc(C(C)(C)C)c1. The van der Waals surface area contributed by atoms with Crippen LogP contribution in [-0.2, 0) is 43.3 Å². The minimum atomic E-state index is -0.107. The number of hydrogen-bond acceptors (Lipinski definition) is 4. The molecule has 10 rings (SSSR count). The Morgan fingerprint density at radius 3 is 0.843 bits per heavy atom. The molecule has 7 aromatic carbocycles. The van der Waals surface area contributed by atoms with Crippen LogP contribution in [0.4, 0.5) is 34.1 Å². The summed E-state index contributed by atoms with van der Waals surface area (Å²) in [7, 11) is 0. The molecule has 2 aliphatic rings. The van der Waals surface area contributed by atoms with E-state index in [4.69, 9.17) is 9.97 Å². The molecule has 0 saturated carbocycles. The van der Waals surface area contributed by atoms with Gasteiger partial charge in [0.2, 0.25) is 0 Å². The number of benzene rings is 7. The van der Waals surface area contributed by atoms with Crippen LogP contribution in [0.2, 0.25) is 0 Å². The van der Waals surface area contributed by atoms with Crippen LogP contribution in [0.5, 0.6) is 0 Å². The molecule has 2 aliphatic heterocycles. The van der Waals surface area contributed by atoms with Crippen molar-refractivity contribution in [2.24, 2.45) is 0 Å². The van der Waals surface area contributed by atoms with Crippen molar-refractivity contribution in [1.29, 1.82) is 0 Å². The maximum Gasteiger partial charge on any atom is 0.252 e. The van der Waals surface area contributed by atoms with Crippen LogP contribution >= 0.6 is 0 Å². The average molecular weight is 1100 g/mol. The van der Waals surface area contributed by atoms with Crippen molar-refractivity contribution >= 4 is 57.2 Å². The molecule has 0 fully saturated rings. The van der Waals surface area contributed by atoms with E-state index in [-0.39, 0.29) is 50.0 Å². The summed E-state index contributed by atoms with van der Waals surface area (Å²) in [4.78, 5) is 16.8. The Morgan fingerprint density at radius 2 is 0.542 bits per heavy atom. The highest BCUT2D eigenvalue weighted by Gasteiger charge is 2.44. The lowest BCUT2D eigenvalue weighted by Crippen LogP contribution is -2.61. The summed E-state index contributed by atoms with van der Waals surface area (Å²) < 4.78 is 0. The molecule has 430 valence electrons. The van der Waals surface area contributed by atoms with Crippen molar-refractivity contribution < 1.29 is 0 Å². The molecule has 83 heavy (non-hydrogen) atoms. The Bertz CT molecular complexity index is 3460. The van der Waals surface area contributed by atoms with E-state index in [2.05, 4.69) is 315 Å². The summed E-state index contributed by atoms with van der Waals surface area (Å²) in [6.45, 7) is 56.0. The van der Waals surface area contributed by atoms with Gasteiger partial charge >= 0.3 is 0 Å². The molecule has 0 radical (unpaired) electrons. The van der Waals surface area contributed by atoms with Crippen molar-refractivity contribution in [3.63, 3.8) is 0 Å². The van der Waals surface area contributed by atoms with Crippen LogP contribution in [0.15, 0.2) is 140 Å². The first-order chi connectivity index (χ1) is 38.2. The fourth-order valence-corrected chi connectivity index (χ4v) is 12.0. The van der Waals surface area contributed by atoms with Gasteiger partial charge in [-0.05, 0) is 183 Å². The highest BCUT2D eigenvalue weighted by Crippen LogP contribution is 2.49. The highest BCUT2D eigenvalue weighted by molar-refractivity contribution is 7.00. The van der Waals surface area contributed by atoms with Crippen LogP contribution in [-0.4, -0.2) is 16.7 Å². The molecule has 0 bridgehead atoms. The zero-order valence-electron chi connectivity index (χ0n) is 55.1. The number of rotatable bonds is 5. The largest absolute Gasteiger partial charge is 0.311 e. The van der Waals surface area contributed by atoms with Gasteiger partial charge in [0.05, 0.1) is 11.4 Å². The first-order valence-electron chi connectivity index (χ1n) is 30.7. The van der Waals surface area contributed by atoms with Crippen molar-refractivity contribution in [2.75, 3.05) is 9.80 Å². The molecule has 4 nitrogen and oxygen atoms in total. The molecular weight excluding hydrogens is 1000 g/mol. The molecule has 0 saturated heterocycles. The van der Waals surface area contributed by atoms with E-state index in [0.717, 1.165) is 56.7 Å². The third-order valence-corrected chi connectivity index (χ3v) is 17.6. The van der Waals surface area contributed by atoms with Gasteiger partial charge in [0, 0.05) is 50.8 Å². The second kappa shape index (κ2) is 20.0. The van der Waals surface area contributed by atoms with Gasteiger partial charge in [0.25, 0.3) is 6.71 Å². The predicted molar refractivity (Wildman–Crippen MR) is 362 cm³/mol. The molecule has 1 aromatic heterocycles. The number of fused-ring (bicyclic) bond motifs is 4. The molecule has 0 spiro atoms. The van der Waals surface area contributed by atoms with E-state index in [0.29, 0.717) is 0 Å². The fraction of sp³-hybridized carbons (Fsp3) is 0.410. The first-order valence-corrected chi connectivity index (χ1v) is 30.7. The Kier molecular flexibility index (Phi) is 14.3. The summed E-state index contributed by atoms with van der Waals surface area (Å²) >= 11 is 0. The molecule has 0 N–H and O–H groups in total. The third-order valence-electron chi connectivity index (χ3n) is 17.6. The Labute approximate surface area is 501 Å². The van der Waals surface area contributed by atoms with Crippen molar-refractivity contribution in [1.82, 2.24) is 9.97 Å². The normalized spacial score (nSPS) is 14.2. The maximum atomic E-state index is 5.87. The van der Waals surface area contributed by atoms with Crippen molar-refractivity contribution in [3.8, 4) is 33.9 Å². The molecule has 3 heterocycles. The number of nitrogens with zero attached hydrogens (tertiary/aromatic N) is 4. The molecule has 0 unspecified atom stereocenters. The predicted octanol–water partition coefficient (Wildman–Crippen LogP) is 19.9. The van der Waals surface area contributed by atoms with Crippen LogP contribution < -0.4 is 26.2 Å². The summed E-state index contributed by atoms with van der Waals surface area (Å²) in [5, 5.41) is 0. The van der Waals surface area contributed by atoms with Gasteiger partial charge in [-0.15, -0.1) is 0 Å². The van der Waals surface area contributed by atoms with Crippen molar-refractivity contribution in [2.45, 2.75) is 209 Å². The smallest absolute Gasteiger partial charge is 0.252 e. The zero-order chi connectivity index (χ0) is 60.7. The monoisotopic (exact) mass is 1100 g/mol. The number of anilines is 6. The Hall–Kier alpha value is -6.72. The molecular formula is C78H95BN4. The highest BCUT2D eigenvalue weighted by atomic mass is 15.2. The average Bonchev–Trinajstić information content (AvgIpc) is 1.86. The van der Waals surface area contributed by atoms with E-state index in [1.807, 2.05) is 0 Å². The zero-order valence-corrected chi connectivity index (χ0v) is 55.1. The van der Waals surface area contributed by atoms with Crippen LogP contribution in [0.1, 0.15) is 211 Å². The minimum Gasteiger partial charge on any atom is -0.311 e. The van der Waals surface area contributed by atoms with Gasteiger partial charge in [-0.1, -0.05) is 227 Å². The van der Waals surface area contributed by atoms with E-state index >= 15 is 0 Å². The summed E-state index contributed by atoms with van der Waals surface area (Å²) in [5.74, 6) is 0.724. The number of aromatic nitrogens is 2. The summed E-state index contributed by atoms with van der Waals surface area (Å²) in [5.41, 5.74) is 25.4. The number of para-hydroxylation sites is 2. The summed E-state index contributed by atoms with van der Waals surface area (Å²) in [6, 6.07) is 54.7. The molecule has 0 amide bonds. The Balaban J connectivity index is 1.39. The van der Waals surface area contributed by atoms with Gasteiger partial charge in [-0.25, -0.2) is 9.97 Å². The lowest BCUT2D eigenvalue weighted by atomic mass is 9.33. The van der Waals surface area contributed by atoms with E-state index < -0.39 is 0 Å². The van der Waals surface area contributed by atoms with Gasteiger partial charge in [0.1, 0.15) is 0 Å². The van der Waals surface area contributed by atoms with Crippen LogP contribution in [0.25, 0.3) is 33.9 Å². The van der Waals surface area contributed by atoms with Gasteiger partial charge < -0.3 is 9.80 Å². The number of hydrogen-bond donors (Lipinski definition) is 0. The second-order valence-electron chi connectivity index (χ2n) is 32.7. The van der Waals surface area contributed by atoms with Gasteiger partial charge in [-0.3, -0.25) is 0 Å². The van der Waals surface area contributed by atoms with E-state index in [1.165, 1.54) is 72.3 Å². The van der Waals surface area contributed by atoms with Crippen LogP contribution in [0.3, 0.4) is 0 Å². The quantitative estimate of drug-likeness (QED) is 0.161. The molecule has 0 aliphatic carbocycles. The van der Waals surface area contributed by atoms with Gasteiger partial charge in [0.15, 0.2) is 5.82 Å². The van der Waals surface area contributed by atoms with E-state index in [1.54, 1.807) is 0 Å². The standard InChI is InChI=1S/C78H95BN4/c1-71(2,3)51-33-48(34-52(39-51)72(4,5)6)63-47-64(81-70(80-63)50-35-53(73(7,8)9)40-54(36-50)74(10,11)12)49-37-67-69-68(38-49)83(60-45-57(77(19,20)21)42-58(46-60)78(22,23)24)66-32-28-26-30-62(66)79(69)61-29-25-27-31-65(61)82(67)59-43-55(75(13,14)15)41-56(44-59)76(16,17)18/h25-47H,1-24H3. The lowest BCUT2D eigenvalue weighted by Gasteiger charge is -2.45. The van der Waals surface area contributed by atoms with E-state index in [9.17, 15) is 0 Å².